The second kappa shape index (κ2) is 7.03. The maximum absolute atomic E-state index is 12.8. The van der Waals surface area contributed by atoms with Gasteiger partial charge < -0.3 is 9.73 Å². The molecule has 21 heavy (non-hydrogen) atoms. The first-order valence-electron chi connectivity index (χ1n) is 6.25. The van der Waals surface area contributed by atoms with Crippen LogP contribution in [0.4, 0.5) is 4.39 Å². The molecule has 0 aliphatic carbocycles. The Bertz CT molecular complexity index is 627. The quantitative estimate of drug-likeness (QED) is 0.656. The largest absolute Gasteiger partial charge is 0.411 e. The number of rotatable bonds is 6. The summed E-state index contributed by atoms with van der Waals surface area (Å²) in [5.41, 5.74) is 0.625. The van der Waals surface area contributed by atoms with Crippen molar-refractivity contribution in [2.45, 2.75) is 17.4 Å². The average Bonchev–Trinajstić information content (AvgIpc) is 2.93. The van der Waals surface area contributed by atoms with Gasteiger partial charge in [0.05, 0.1) is 5.25 Å². The first-order valence-corrected chi connectivity index (χ1v) is 7.13. The van der Waals surface area contributed by atoms with Crippen LogP contribution in [0.2, 0.25) is 0 Å². The molecule has 1 aromatic heterocycles. The van der Waals surface area contributed by atoms with Gasteiger partial charge in [-0.15, -0.1) is 16.8 Å². The van der Waals surface area contributed by atoms with Gasteiger partial charge >= 0.3 is 0 Å². The lowest BCUT2D eigenvalue weighted by molar-refractivity contribution is -0.120. The van der Waals surface area contributed by atoms with E-state index in [9.17, 15) is 9.18 Å². The van der Waals surface area contributed by atoms with Crippen LogP contribution >= 0.6 is 11.8 Å². The minimum Gasteiger partial charge on any atom is -0.411 e. The fourth-order valence-electron chi connectivity index (χ4n) is 1.49. The van der Waals surface area contributed by atoms with E-state index in [1.807, 2.05) is 0 Å². The Labute approximate surface area is 125 Å². The van der Waals surface area contributed by atoms with E-state index in [1.165, 1.54) is 12.1 Å². The van der Waals surface area contributed by atoms with Crippen molar-refractivity contribution in [2.75, 3.05) is 6.54 Å². The van der Waals surface area contributed by atoms with E-state index in [0.29, 0.717) is 12.1 Å². The summed E-state index contributed by atoms with van der Waals surface area (Å²) in [6, 6.07) is 5.74. The summed E-state index contributed by atoms with van der Waals surface area (Å²) in [5.74, 6) is -0.182. The number of carbonyl (C=O) groups excluding carboxylic acids is 1. The summed E-state index contributed by atoms with van der Waals surface area (Å²) < 4.78 is 18.3. The molecule has 5 nitrogen and oxygen atoms in total. The predicted molar refractivity (Wildman–Crippen MR) is 78.2 cm³/mol. The van der Waals surface area contributed by atoms with Crippen molar-refractivity contribution in [1.82, 2.24) is 15.5 Å². The molecule has 0 radical (unpaired) electrons. The van der Waals surface area contributed by atoms with Gasteiger partial charge in [0.1, 0.15) is 5.82 Å². The molecule has 0 fully saturated rings. The molecule has 1 amide bonds. The molecule has 0 spiro atoms. The smallest absolute Gasteiger partial charge is 0.277 e. The van der Waals surface area contributed by atoms with Crippen LogP contribution in [0.5, 0.6) is 0 Å². The number of nitrogens with one attached hydrogen (secondary N) is 1. The second-order valence-electron chi connectivity index (χ2n) is 4.17. The summed E-state index contributed by atoms with van der Waals surface area (Å²) in [6.45, 7) is 5.68. The van der Waals surface area contributed by atoms with Crippen LogP contribution in [-0.2, 0) is 4.79 Å². The number of nitrogens with zero attached hydrogens (tertiary/aromatic N) is 2. The molecule has 1 aromatic carbocycles. The van der Waals surface area contributed by atoms with Crippen LogP contribution in [0.3, 0.4) is 0 Å². The number of hydrogen-bond donors (Lipinski definition) is 1. The minimum absolute atomic E-state index is 0.138. The first kappa shape index (κ1) is 15.2. The van der Waals surface area contributed by atoms with E-state index >= 15 is 0 Å². The van der Waals surface area contributed by atoms with Crippen molar-refractivity contribution in [3.63, 3.8) is 0 Å². The molecule has 1 N–H and O–H groups in total. The molecule has 0 saturated carbocycles. The van der Waals surface area contributed by atoms with Gasteiger partial charge in [-0.3, -0.25) is 4.79 Å². The van der Waals surface area contributed by atoms with Crippen molar-refractivity contribution in [1.29, 1.82) is 0 Å². The zero-order valence-corrected chi connectivity index (χ0v) is 12.2. The second-order valence-corrected chi connectivity index (χ2v) is 5.47. The molecule has 0 aliphatic heterocycles. The highest BCUT2D eigenvalue weighted by atomic mass is 32.2. The van der Waals surface area contributed by atoms with Gasteiger partial charge in [-0.25, -0.2) is 4.39 Å². The first-order chi connectivity index (χ1) is 10.1. The number of amides is 1. The molecular formula is C14H14FN3O2S. The van der Waals surface area contributed by atoms with Crippen molar-refractivity contribution >= 4 is 17.7 Å². The predicted octanol–water partition coefficient (Wildman–Crippen LogP) is 2.66. The maximum Gasteiger partial charge on any atom is 0.277 e. The molecular weight excluding hydrogens is 293 g/mol. The molecule has 0 unspecified atom stereocenters. The molecule has 1 heterocycles. The van der Waals surface area contributed by atoms with Crippen LogP contribution in [0.15, 0.2) is 46.6 Å². The molecule has 0 bridgehead atoms. The molecule has 1 atom stereocenters. The van der Waals surface area contributed by atoms with Gasteiger partial charge in [-0.2, -0.15) is 0 Å². The highest BCUT2D eigenvalue weighted by Crippen LogP contribution is 2.26. The van der Waals surface area contributed by atoms with E-state index in [-0.39, 0.29) is 28.1 Å². The van der Waals surface area contributed by atoms with Crippen LogP contribution in [0, 0.1) is 5.82 Å². The summed E-state index contributed by atoms with van der Waals surface area (Å²) >= 11 is 1.16. The Morgan fingerprint density at radius 1 is 1.48 bits per heavy atom. The lowest BCUT2D eigenvalue weighted by atomic mass is 10.2. The fourth-order valence-corrected chi connectivity index (χ4v) is 2.20. The highest BCUT2D eigenvalue weighted by molar-refractivity contribution is 8.00. The van der Waals surface area contributed by atoms with Gasteiger partial charge in [-0.1, -0.05) is 17.8 Å². The fraction of sp³-hybridized carbons (Fsp3) is 0.214. The average molecular weight is 307 g/mol. The summed E-state index contributed by atoms with van der Waals surface area (Å²) in [5, 5.41) is 10.4. The highest BCUT2D eigenvalue weighted by Gasteiger charge is 2.18. The number of benzene rings is 1. The summed E-state index contributed by atoms with van der Waals surface area (Å²) in [7, 11) is 0. The Kier molecular flexibility index (Phi) is 5.10. The zero-order chi connectivity index (χ0) is 15.2. The maximum atomic E-state index is 12.8. The molecule has 2 aromatic rings. The SMILES string of the molecule is C=CCNC(=O)[C@@H](C)Sc1nnc(-c2ccc(F)cc2)o1. The van der Waals surface area contributed by atoms with Gasteiger partial charge in [0.2, 0.25) is 11.8 Å². The van der Waals surface area contributed by atoms with E-state index < -0.39 is 0 Å². The van der Waals surface area contributed by atoms with Crippen LogP contribution in [0.1, 0.15) is 6.92 Å². The standard InChI is InChI=1S/C14H14FN3O2S/c1-3-8-16-12(19)9(2)21-14-18-17-13(20-14)10-4-6-11(15)7-5-10/h3-7,9H,1,8H2,2H3,(H,16,19)/t9-/m1/s1. The Morgan fingerprint density at radius 3 is 2.86 bits per heavy atom. The van der Waals surface area contributed by atoms with Crippen molar-refractivity contribution in [2.24, 2.45) is 0 Å². The van der Waals surface area contributed by atoms with E-state index in [0.717, 1.165) is 11.8 Å². The van der Waals surface area contributed by atoms with Crippen LogP contribution in [-0.4, -0.2) is 27.9 Å². The number of thioether (sulfide) groups is 1. The molecule has 0 aliphatic rings. The van der Waals surface area contributed by atoms with Crippen LogP contribution < -0.4 is 5.32 Å². The Morgan fingerprint density at radius 2 is 2.19 bits per heavy atom. The monoisotopic (exact) mass is 307 g/mol. The van der Waals surface area contributed by atoms with E-state index in [2.05, 4.69) is 22.1 Å². The third-order valence-corrected chi connectivity index (χ3v) is 3.50. The summed E-state index contributed by atoms with van der Waals surface area (Å²) in [6.07, 6.45) is 1.61. The lowest BCUT2D eigenvalue weighted by Crippen LogP contribution is -2.30. The lowest BCUT2D eigenvalue weighted by Gasteiger charge is -2.07. The van der Waals surface area contributed by atoms with Crippen LogP contribution in [0.25, 0.3) is 11.5 Å². The van der Waals surface area contributed by atoms with Crippen molar-refractivity contribution < 1.29 is 13.6 Å². The Balaban J connectivity index is 2.01. The number of halogens is 1. The number of carbonyl (C=O) groups is 1. The van der Waals surface area contributed by atoms with E-state index in [1.54, 1.807) is 25.1 Å². The van der Waals surface area contributed by atoms with Gasteiger partial charge in [-0.05, 0) is 31.2 Å². The third kappa shape index (κ3) is 4.16. The Hall–Kier alpha value is -2.15. The minimum atomic E-state index is -0.369. The van der Waals surface area contributed by atoms with Crippen molar-refractivity contribution in [3.05, 3.63) is 42.7 Å². The molecule has 0 saturated heterocycles. The van der Waals surface area contributed by atoms with Gasteiger partial charge in [0.15, 0.2) is 0 Å². The van der Waals surface area contributed by atoms with Crippen molar-refractivity contribution in [3.8, 4) is 11.5 Å². The molecule has 2 rings (SSSR count). The zero-order valence-electron chi connectivity index (χ0n) is 11.4. The number of hydrogen-bond acceptors (Lipinski definition) is 5. The number of aromatic nitrogens is 2. The molecule has 110 valence electrons. The third-order valence-electron chi connectivity index (χ3n) is 2.57. The van der Waals surface area contributed by atoms with Gasteiger partial charge in [0, 0.05) is 12.1 Å². The van der Waals surface area contributed by atoms with Gasteiger partial charge in [0.25, 0.3) is 5.22 Å². The van der Waals surface area contributed by atoms with E-state index in [4.69, 9.17) is 4.42 Å². The normalized spacial score (nSPS) is 11.9. The topological polar surface area (TPSA) is 68.0 Å². The molecule has 7 heteroatoms. The summed E-state index contributed by atoms with van der Waals surface area (Å²) in [4.78, 5) is 11.7.